The molecule has 0 bridgehead atoms. The van der Waals surface area contributed by atoms with E-state index in [0.717, 1.165) is 22.2 Å². The number of anilines is 2. The van der Waals surface area contributed by atoms with Crippen molar-refractivity contribution in [3.8, 4) is 29.0 Å². The molecule has 9 heteroatoms. The topological polar surface area (TPSA) is 114 Å². The molecule has 5 aromatic rings. The van der Waals surface area contributed by atoms with Gasteiger partial charge in [-0.1, -0.05) is 12.1 Å². The van der Waals surface area contributed by atoms with E-state index in [0.29, 0.717) is 29.0 Å². The summed E-state index contributed by atoms with van der Waals surface area (Å²) in [7, 11) is 1.52. The molecule has 3 aromatic heterocycles. The second-order valence-electron chi connectivity index (χ2n) is 6.88. The van der Waals surface area contributed by atoms with Gasteiger partial charge in [0.2, 0.25) is 11.8 Å². The molecule has 31 heavy (non-hydrogen) atoms. The van der Waals surface area contributed by atoms with Crippen LogP contribution in [0.2, 0.25) is 0 Å². The molecule has 3 heterocycles. The largest absolute Gasteiger partial charge is 0.467 e. The summed E-state index contributed by atoms with van der Waals surface area (Å²) in [5.74, 6) is 2.20. The van der Waals surface area contributed by atoms with E-state index in [-0.39, 0.29) is 6.01 Å². The van der Waals surface area contributed by atoms with Crippen molar-refractivity contribution in [3.63, 3.8) is 0 Å². The monoisotopic (exact) mass is 413 g/mol. The fraction of sp³-hybridized carbons (Fsp3) is 0.0909. The van der Waals surface area contributed by atoms with Gasteiger partial charge in [0.25, 0.3) is 0 Å². The molecular formula is C22H19N7O2. The number of fused-ring (bicyclic) bond motifs is 1. The molecule has 9 nitrogen and oxygen atoms in total. The van der Waals surface area contributed by atoms with Gasteiger partial charge in [0.1, 0.15) is 11.4 Å². The molecule has 5 rings (SSSR count). The number of nitrogens with zero attached hydrogens (tertiary/aromatic N) is 4. The number of hydrogen-bond acceptors (Lipinski definition) is 7. The third-order valence-electron chi connectivity index (χ3n) is 4.64. The highest BCUT2D eigenvalue weighted by molar-refractivity contribution is 5.81. The number of nitrogens with one attached hydrogen (secondary N) is 3. The zero-order valence-corrected chi connectivity index (χ0v) is 16.9. The van der Waals surface area contributed by atoms with E-state index in [2.05, 4.69) is 35.5 Å². The Morgan fingerprint density at radius 1 is 0.968 bits per heavy atom. The summed E-state index contributed by atoms with van der Waals surface area (Å²) in [4.78, 5) is 16.1. The molecule has 0 amide bonds. The Kier molecular flexibility index (Phi) is 4.68. The van der Waals surface area contributed by atoms with Gasteiger partial charge in [0.05, 0.1) is 12.5 Å². The third kappa shape index (κ3) is 3.88. The standard InChI is InChI=1S/C22H19N7O2/c1-13-4-3-5-15(12-13)24-21-25-18(28-29-21)14-6-8-16(9-7-14)31-20-17-10-11-23-19(17)26-22(27-20)30-2/h3-12H,1-2H3,(H,23,26,27)(H2,24,25,28,29). The van der Waals surface area contributed by atoms with E-state index in [9.17, 15) is 0 Å². The second kappa shape index (κ2) is 7.79. The van der Waals surface area contributed by atoms with E-state index in [1.165, 1.54) is 7.11 Å². The van der Waals surface area contributed by atoms with Crippen LogP contribution in [0, 0.1) is 6.92 Å². The first kappa shape index (κ1) is 18.6. The average molecular weight is 413 g/mol. The number of aromatic amines is 2. The summed E-state index contributed by atoms with van der Waals surface area (Å²) in [6.45, 7) is 2.04. The van der Waals surface area contributed by atoms with Gasteiger partial charge in [0.15, 0.2) is 5.82 Å². The predicted molar refractivity (Wildman–Crippen MR) is 117 cm³/mol. The summed E-state index contributed by atoms with van der Waals surface area (Å²) >= 11 is 0. The number of aromatic nitrogens is 6. The van der Waals surface area contributed by atoms with Crippen molar-refractivity contribution in [2.24, 2.45) is 0 Å². The smallest absolute Gasteiger partial charge is 0.321 e. The molecule has 0 aliphatic carbocycles. The number of benzene rings is 2. The van der Waals surface area contributed by atoms with E-state index in [1.54, 1.807) is 6.20 Å². The zero-order valence-electron chi connectivity index (χ0n) is 16.9. The van der Waals surface area contributed by atoms with Gasteiger partial charge in [-0.3, -0.25) is 5.10 Å². The Balaban J connectivity index is 1.34. The molecule has 0 atom stereocenters. The maximum atomic E-state index is 5.97. The van der Waals surface area contributed by atoms with Crippen LogP contribution in [0.25, 0.3) is 22.4 Å². The maximum absolute atomic E-state index is 5.97. The van der Waals surface area contributed by atoms with Crippen LogP contribution in [0.5, 0.6) is 17.6 Å². The van der Waals surface area contributed by atoms with Crippen LogP contribution >= 0.6 is 0 Å². The number of aryl methyl sites for hydroxylation is 1. The van der Waals surface area contributed by atoms with E-state index in [4.69, 9.17) is 9.47 Å². The van der Waals surface area contributed by atoms with Crippen molar-refractivity contribution in [2.75, 3.05) is 12.4 Å². The minimum atomic E-state index is 0.233. The molecular weight excluding hydrogens is 394 g/mol. The molecule has 0 radical (unpaired) electrons. The van der Waals surface area contributed by atoms with Crippen molar-refractivity contribution >= 4 is 22.7 Å². The van der Waals surface area contributed by atoms with Crippen molar-refractivity contribution < 1.29 is 9.47 Å². The minimum absolute atomic E-state index is 0.233. The number of hydrogen-bond donors (Lipinski definition) is 3. The highest BCUT2D eigenvalue weighted by Crippen LogP contribution is 2.30. The summed E-state index contributed by atoms with van der Waals surface area (Å²) in [6, 6.07) is 17.6. The van der Waals surface area contributed by atoms with Gasteiger partial charge in [-0.05, 0) is 55.0 Å². The molecule has 2 aromatic carbocycles. The summed E-state index contributed by atoms with van der Waals surface area (Å²) in [6.07, 6.45) is 1.78. The van der Waals surface area contributed by atoms with Crippen molar-refractivity contribution in [1.29, 1.82) is 0 Å². The van der Waals surface area contributed by atoms with Gasteiger partial charge in [-0.15, -0.1) is 5.10 Å². The Labute approximate surface area is 177 Å². The third-order valence-corrected chi connectivity index (χ3v) is 4.64. The number of H-pyrrole nitrogens is 2. The van der Waals surface area contributed by atoms with Crippen LogP contribution in [0.1, 0.15) is 5.56 Å². The maximum Gasteiger partial charge on any atom is 0.321 e. The molecule has 3 N–H and O–H groups in total. The zero-order chi connectivity index (χ0) is 21.2. The van der Waals surface area contributed by atoms with E-state index in [1.807, 2.05) is 61.5 Å². The van der Waals surface area contributed by atoms with Gasteiger partial charge in [-0.25, -0.2) is 0 Å². The molecule has 0 fully saturated rings. The summed E-state index contributed by atoms with van der Waals surface area (Å²) in [5, 5.41) is 11.2. The van der Waals surface area contributed by atoms with E-state index >= 15 is 0 Å². The van der Waals surface area contributed by atoms with Crippen LogP contribution < -0.4 is 14.8 Å². The first-order valence-electron chi connectivity index (χ1n) is 9.61. The summed E-state index contributed by atoms with van der Waals surface area (Å²) in [5.41, 5.74) is 3.62. The van der Waals surface area contributed by atoms with Crippen LogP contribution in [0.15, 0.2) is 60.8 Å². The highest BCUT2D eigenvalue weighted by atomic mass is 16.5. The predicted octanol–water partition coefficient (Wildman–Crippen LogP) is 4.60. The normalized spacial score (nSPS) is 10.9. The van der Waals surface area contributed by atoms with Crippen LogP contribution in [0.3, 0.4) is 0 Å². The Bertz CT molecular complexity index is 1340. The lowest BCUT2D eigenvalue weighted by Gasteiger charge is -2.07. The molecule has 0 spiro atoms. The quantitative estimate of drug-likeness (QED) is 0.373. The molecule has 0 aliphatic rings. The van der Waals surface area contributed by atoms with Gasteiger partial charge < -0.3 is 19.8 Å². The number of ether oxygens (including phenoxy) is 2. The summed E-state index contributed by atoms with van der Waals surface area (Å²) < 4.78 is 11.1. The van der Waals surface area contributed by atoms with E-state index < -0.39 is 0 Å². The lowest BCUT2D eigenvalue weighted by atomic mass is 10.2. The molecule has 0 aliphatic heterocycles. The van der Waals surface area contributed by atoms with Crippen molar-refractivity contribution in [2.45, 2.75) is 6.92 Å². The lowest BCUT2D eigenvalue weighted by molar-refractivity contribution is 0.370. The second-order valence-corrected chi connectivity index (χ2v) is 6.88. The fourth-order valence-electron chi connectivity index (χ4n) is 3.15. The Hall–Kier alpha value is -4.40. The number of rotatable bonds is 6. The van der Waals surface area contributed by atoms with Crippen molar-refractivity contribution in [1.82, 2.24) is 30.1 Å². The fourth-order valence-corrected chi connectivity index (χ4v) is 3.15. The minimum Gasteiger partial charge on any atom is -0.467 e. The SMILES string of the molecule is COc1nc(Oc2ccc(-c3nc(Nc4cccc(C)c4)n[nH]3)cc2)c2cc[nH]c2n1. The molecule has 154 valence electrons. The molecule has 0 unspecified atom stereocenters. The van der Waals surface area contributed by atoms with Crippen LogP contribution in [-0.2, 0) is 0 Å². The Morgan fingerprint density at radius 3 is 2.65 bits per heavy atom. The Morgan fingerprint density at radius 2 is 1.84 bits per heavy atom. The van der Waals surface area contributed by atoms with Gasteiger partial charge in [-0.2, -0.15) is 15.0 Å². The first-order valence-corrected chi connectivity index (χ1v) is 9.61. The lowest BCUT2D eigenvalue weighted by Crippen LogP contribution is -1.96. The van der Waals surface area contributed by atoms with Gasteiger partial charge >= 0.3 is 6.01 Å². The van der Waals surface area contributed by atoms with Crippen LogP contribution in [-0.4, -0.2) is 37.2 Å². The van der Waals surface area contributed by atoms with Crippen molar-refractivity contribution in [3.05, 3.63) is 66.4 Å². The molecule has 0 saturated carbocycles. The van der Waals surface area contributed by atoms with Gasteiger partial charge in [0, 0.05) is 17.4 Å². The average Bonchev–Trinajstić information content (AvgIpc) is 3.44. The first-order chi connectivity index (χ1) is 15.2. The molecule has 0 saturated heterocycles. The number of methoxy groups -OCH3 is 1. The highest BCUT2D eigenvalue weighted by Gasteiger charge is 2.12. The van der Waals surface area contributed by atoms with Crippen LogP contribution in [0.4, 0.5) is 11.6 Å².